The zero-order chi connectivity index (χ0) is 17.5. The summed E-state index contributed by atoms with van der Waals surface area (Å²) in [6.45, 7) is 1.72. The second-order valence-electron chi connectivity index (χ2n) is 4.43. The minimum Gasteiger partial charge on any atom is -0.490 e. The van der Waals surface area contributed by atoms with Gasteiger partial charge in [0.15, 0.2) is 23.3 Å². The molecule has 0 aliphatic carbocycles. The van der Waals surface area contributed by atoms with Gasteiger partial charge in [0.1, 0.15) is 0 Å². The molecular weight excluding hydrogens is 402 g/mol. The summed E-state index contributed by atoms with van der Waals surface area (Å²) in [6, 6.07) is 3.36. The van der Waals surface area contributed by atoms with Crippen LogP contribution in [-0.4, -0.2) is 47.3 Å². The minimum absolute atomic E-state index is 0.102. The lowest BCUT2D eigenvalue weighted by atomic mass is 10.2. The van der Waals surface area contributed by atoms with Crippen molar-refractivity contribution in [2.24, 2.45) is 10.2 Å². The van der Waals surface area contributed by atoms with E-state index in [-0.39, 0.29) is 5.91 Å². The van der Waals surface area contributed by atoms with E-state index in [2.05, 4.69) is 31.4 Å². The van der Waals surface area contributed by atoms with Crippen molar-refractivity contribution in [3.05, 3.63) is 22.2 Å². The van der Waals surface area contributed by atoms with Gasteiger partial charge in [-0.1, -0.05) is 11.8 Å². The number of carboxylic acid groups (broad SMARTS) is 1. The van der Waals surface area contributed by atoms with Gasteiger partial charge in [-0.3, -0.25) is 4.79 Å². The molecule has 0 unspecified atom stereocenters. The summed E-state index contributed by atoms with van der Waals surface area (Å²) in [5.41, 5.74) is 0.673. The van der Waals surface area contributed by atoms with E-state index in [1.807, 2.05) is 6.92 Å². The van der Waals surface area contributed by atoms with Crippen molar-refractivity contribution in [2.45, 2.75) is 6.92 Å². The second kappa shape index (κ2) is 8.69. The zero-order valence-electron chi connectivity index (χ0n) is 12.6. The van der Waals surface area contributed by atoms with E-state index >= 15 is 0 Å². The Kier molecular flexibility index (Phi) is 6.62. The number of halogens is 1. The molecular formula is C14H14BrN3O5S. The fourth-order valence-electron chi connectivity index (χ4n) is 1.73. The Morgan fingerprint density at radius 1 is 1.50 bits per heavy atom. The summed E-state index contributed by atoms with van der Waals surface area (Å²) < 4.78 is 11.3. The van der Waals surface area contributed by atoms with Gasteiger partial charge < -0.3 is 19.9 Å². The molecule has 1 fully saturated rings. The average Bonchev–Trinajstić information content (AvgIpc) is 2.92. The van der Waals surface area contributed by atoms with Gasteiger partial charge in [-0.25, -0.2) is 4.79 Å². The van der Waals surface area contributed by atoms with Gasteiger partial charge in [0.25, 0.3) is 0 Å². The molecule has 128 valence electrons. The van der Waals surface area contributed by atoms with Crippen molar-refractivity contribution in [1.29, 1.82) is 0 Å². The van der Waals surface area contributed by atoms with Gasteiger partial charge in [0.2, 0.25) is 5.91 Å². The van der Waals surface area contributed by atoms with E-state index in [1.54, 1.807) is 12.1 Å². The van der Waals surface area contributed by atoms with Crippen LogP contribution in [0.15, 0.2) is 26.8 Å². The van der Waals surface area contributed by atoms with Gasteiger partial charge in [0.05, 0.1) is 23.0 Å². The number of thioether (sulfide) groups is 1. The topological polar surface area (TPSA) is 110 Å². The van der Waals surface area contributed by atoms with E-state index in [1.165, 1.54) is 18.0 Å². The molecule has 24 heavy (non-hydrogen) atoms. The van der Waals surface area contributed by atoms with Crippen LogP contribution in [0, 0.1) is 0 Å². The normalized spacial score (nSPS) is 15.8. The SMILES string of the molecule is CCOc1cc(C=NN=C2NC(=O)CS2)cc(Br)c1OCC(=O)O. The van der Waals surface area contributed by atoms with Crippen LogP contribution in [0.1, 0.15) is 12.5 Å². The lowest BCUT2D eigenvalue weighted by Crippen LogP contribution is -2.19. The third-order valence-corrected chi connectivity index (χ3v) is 4.07. The molecule has 1 saturated heterocycles. The van der Waals surface area contributed by atoms with E-state index in [9.17, 15) is 9.59 Å². The Labute approximate surface area is 150 Å². The number of rotatable bonds is 7. The predicted molar refractivity (Wildman–Crippen MR) is 94.1 cm³/mol. The van der Waals surface area contributed by atoms with Gasteiger partial charge in [-0.05, 0) is 40.5 Å². The number of hydrogen-bond donors (Lipinski definition) is 2. The standard InChI is InChI=1S/C14H14BrN3O5S/c1-2-22-10-4-8(3-9(15)13(10)23-6-12(20)21)5-16-18-14-17-11(19)7-24-14/h3-5H,2,6-7H2,1H3,(H,20,21)(H,17,18,19). The number of benzene rings is 1. The molecule has 2 rings (SSSR count). The number of nitrogens with zero attached hydrogens (tertiary/aromatic N) is 2. The molecule has 1 aliphatic rings. The average molecular weight is 416 g/mol. The number of carbonyl (C=O) groups is 2. The largest absolute Gasteiger partial charge is 0.490 e. The maximum absolute atomic E-state index is 11.1. The predicted octanol–water partition coefficient (Wildman–Crippen LogP) is 1.86. The molecule has 1 aliphatic heterocycles. The van der Waals surface area contributed by atoms with Gasteiger partial charge in [-0.2, -0.15) is 5.10 Å². The maximum atomic E-state index is 11.1. The molecule has 8 nitrogen and oxygen atoms in total. The number of hydrogen-bond acceptors (Lipinski definition) is 7. The summed E-state index contributed by atoms with van der Waals surface area (Å²) in [5, 5.41) is 19.6. The van der Waals surface area contributed by atoms with Crippen molar-refractivity contribution in [1.82, 2.24) is 5.32 Å². The van der Waals surface area contributed by atoms with Crippen LogP contribution in [0.5, 0.6) is 11.5 Å². The molecule has 0 aromatic heterocycles. The Bertz CT molecular complexity index is 708. The van der Waals surface area contributed by atoms with Crippen LogP contribution in [0.3, 0.4) is 0 Å². The fraction of sp³-hybridized carbons (Fsp3) is 0.286. The lowest BCUT2D eigenvalue weighted by molar-refractivity contribution is -0.139. The van der Waals surface area contributed by atoms with Crippen molar-refractivity contribution >= 4 is 51.0 Å². The Morgan fingerprint density at radius 3 is 2.92 bits per heavy atom. The van der Waals surface area contributed by atoms with E-state index in [4.69, 9.17) is 14.6 Å². The third-order valence-electron chi connectivity index (χ3n) is 2.61. The van der Waals surface area contributed by atoms with Crippen LogP contribution < -0.4 is 14.8 Å². The summed E-state index contributed by atoms with van der Waals surface area (Å²) in [5.74, 6) is -0.145. The minimum atomic E-state index is -1.08. The number of ether oxygens (including phenoxy) is 2. The summed E-state index contributed by atoms with van der Waals surface area (Å²) in [6.07, 6.45) is 1.49. The van der Waals surface area contributed by atoms with Crippen LogP contribution >= 0.6 is 27.7 Å². The van der Waals surface area contributed by atoms with Gasteiger partial charge >= 0.3 is 5.97 Å². The fourth-order valence-corrected chi connectivity index (χ4v) is 2.93. The highest BCUT2D eigenvalue weighted by molar-refractivity contribution is 9.10. The van der Waals surface area contributed by atoms with Crippen molar-refractivity contribution < 1.29 is 24.2 Å². The van der Waals surface area contributed by atoms with Crippen molar-refractivity contribution in [3.8, 4) is 11.5 Å². The molecule has 1 heterocycles. The van der Waals surface area contributed by atoms with E-state index < -0.39 is 12.6 Å². The van der Waals surface area contributed by atoms with Crippen molar-refractivity contribution in [2.75, 3.05) is 19.0 Å². The zero-order valence-corrected chi connectivity index (χ0v) is 15.0. The first-order valence-electron chi connectivity index (χ1n) is 6.84. The molecule has 0 radical (unpaired) electrons. The van der Waals surface area contributed by atoms with E-state index in [0.717, 1.165) is 0 Å². The monoisotopic (exact) mass is 415 g/mol. The molecule has 1 aromatic rings. The molecule has 0 spiro atoms. The number of nitrogens with one attached hydrogen (secondary N) is 1. The summed E-state index contributed by atoms with van der Waals surface area (Å²) in [4.78, 5) is 21.7. The molecule has 2 N–H and O–H groups in total. The highest BCUT2D eigenvalue weighted by atomic mass is 79.9. The van der Waals surface area contributed by atoms with Crippen LogP contribution in [-0.2, 0) is 9.59 Å². The summed E-state index contributed by atoms with van der Waals surface area (Å²) >= 11 is 4.61. The maximum Gasteiger partial charge on any atom is 0.341 e. The molecule has 1 aromatic carbocycles. The molecule has 1 amide bonds. The van der Waals surface area contributed by atoms with Crippen LogP contribution in [0.25, 0.3) is 0 Å². The van der Waals surface area contributed by atoms with Gasteiger partial charge in [-0.15, -0.1) is 5.10 Å². The second-order valence-corrected chi connectivity index (χ2v) is 6.25. The van der Waals surface area contributed by atoms with Crippen molar-refractivity contribution in [3.63, 3.8) is 0 Å². The summed E-state index contributed by atoms with van der Waals surface area (Å²) in [7, 11) is 0. The Morgan fingerprint density at radius 2 is 2.29 bits per heavy atom. The van der Waals surface area contributed by atoms with Crippen LogP contribution in [0.2, 0.25) is 0 Å². The Balaban J connectivity index is 2.18. The Hall–Kier alpha value is -2.07. The quantitative estimate of drug-likeness (QED) is 0.519. The van der Waals surface area contributed by atoms with E-state index in [0.29, 0.717) is 39.1 Å². The first-order chi connectivity index (χ1) is 11.5. The number of carbonyl (C=O) groups excluding carboxylic acids is 1. The van der Waals surface area contributed by atoms with Crippen LogP contribution in [0.4, 0.5) is 0 Å². The number of amidine groups is 1. The smallest absolute Gasteiger partial charge is 0.341 e. The third kappa shape index (κ3) is 5.24. The number of carboxylic acids is 1. The molecule has 0 bridgehead atoms. The molecule has 0 saturated carbocycles. The first-order valence-corrected chi connectivity index (χ1v) is 8.62. The molecule has 10 heteroatoms. The first kappa shape index (κ1) is 18.3. The molecule has 0 atom stereocenters. The lowest BCUT2D eigenvalue weighted by Gasteiger charge is -2.13. The number of aliphatic carboxylic acids is 1. The highest BCUT2D eigenvalue weighted by Crippen LogP contribution is 2.36. The highest BCUT2D eigenvalue weighted by Gasteiger charge is 2.16. The number of amides is 1. The van der Waals surface area contributed by atoms with Gasteiger partial charge in [0, 0.05) is 0 Å².